The molecule has 0 aliphatic heterocycles. The molecular formula is C30H30ClNO6S. The maximum absolute atomic E-state index is 13.8. The van der Waals surface area contributed by atoms with Gasteiger partial charge in [-0.25, -0.2) is 4.79 Å². The van der Waals surface area contributed by atoms with Crippen LogP contribution in [0.15, 0.2) is 54.6 Å². The number of halogens is 1. The first-order chi connectivity index (χ1) is 18.9. The molecule has 1 aromatic heterocycles. The number of hydrogen-bond acceptors (Lipinski definition) is 8. The number of rotatable bonds is 10. The predicted molar refractivity (Wildman–Crippen MR) is 156 cm³/mol. The minimum absolute atomic E-state index is 0.207. The summed E-state index contributed by atoms with van der Waals surface area (Å²) in [5.41, 5.74) is 3.87. The van der Waals surface area contributed by atoms with E-state index in [0.29, 0.717) is 55.7 Å². The summed E-state index contributed by atoms with van der Waals surface area (Å²) in [7, 11) is 6.29. The Bertz CT molecular complexity index is 1490. The summed E-state index contributed by atoms with van der Waals surface area (Å²) >= 11 is 7.74. The Hall–Kier alpha value is -3.62. The van der Waals surface area contributed by atoms with Gasteiger partial charge in [-0.05, 0) is 54.6 Å². The highest BCUT2D eigenvalue weighted by atomic mass is 35.5. The zero-order valence-electron chi connectivity index (χ0n) is 22.7. The fraction of sp³-hybridized carbons (Fsp3) is 0.267. The third kappa shape index (κ3) is 5.58. The number of carbonyl (C=O) groups excluding carboxylic acids is 1. The summed E-state index contributed by atoms with van der Waals surface area (Å²) in [6.07, 6.45) is 1.98. The maximum atomic E-state index is 13.8. The Kier molecular flexibility index (Phi) is 9.09. The number of methoxy groups -OCH3 is 4. The first-order valence-corrected chi connectivity index (χ1v) is 13.8. The van der Waals surface area contributed by atoms with Crippen LogP contribution in [0.1, 0.15) is 33.8 Å². The lowest BCUT2D eigenvalue weighted by Crippen LogP contribution is -2.15. The summed E-state index contributed by atoms with van der Waals surface area (Å²) < 4.78 is 27.9. The molecule has 0 N–H and O–H groups in total. The van der Waals surface area contributed by atoms with Gasteiger partial charge in [-0.15, -0.1) is 0 Å². The van der Waals surface area contributed by atoms with E-state index in [4.69, 9.17) is 40.3 Å². The van der Waals surface area contributed by atoms with Gasteiger partial charge < -0.3 is 23.7 Å². The molecule has 1 unspecified atom stereocenters. The third-order valence-corrected chi connectivity index (χ3v) is 7.55. The fourth-order valence-electron chi connectivity index (χ4n) is 4.54. The SMILES string of the molecule is CCOC(=O)c1c(C(SC)c2ccc(Cl)cc2)nc2cc(OC)c(OC)cc2c1-c1ccc(OC)c(OC)c1. The van der Waals surface area contributed by atoms with Crippen molar-refractivity contribution < 1.29 is 28.5 Å². The molecule has 0 aliphatic carbocycles. The van der Waals surface area contributed by atoms with Crippen molar-refractivity contribution in [1.82, 2.24) is 4.98 Å². The van der Waals surface area contributed by atoms with Crippen molar-refractivity contribution in [2.24, 2.45) is 0 Å². The fourth-order valence-corrected chi connectivity index (χ4v) is 5.49. The average Bonchev–Trinajstić information content (AvgIpc) is 2.96. The van der Waals surface area contributed by atoms with Gasteiger partial charge in [-0.3, -0.25) is 4.98 Å². The first kappa shape index (κ1) is 28.4. The summed E-state index contributed by atoms with van der Waals surface area (Å²) in [6.45, 7) is 1.99. The lowest BCUT2D eigenvalue weighted by atomic mass is 9.91. The molecule has 1 atom stereocenters. The zero-order chi connectivity index (χ0) is 28.1. The number of thioether (sulfide) groups is 1. The Labute approximate surface area is 237 Å². The van der Waals surface area contributed by atoms with Gasteiger partial charge in [0.15, 0.2) is 23.0 Å². The first-order valence-electron chi connectivity index (χ1n) is 12.2. The highest BCUT2D eigenvalue weighted by Crippen LogP contribution is 2.45. The Morgan fingerprint density at radius 2 is 1.49 bits per heavy atom. The van der Waals surface area contributed by atoms with Crippen LogP contribution in [0.3, 0.4) is 0 Å². The Morgan fingerprint density at radius 3 is 2.08 bits per heavy atom. The Morgan fingerprint density at radius 1 is 0.872 bits per heavy atom. The van der Waals surface area contributed by atoms with Gasteiger partial charge in [-0.1, -0.05) is 29.8 Å². The van der Waals surface area contributed by atoms with Crippen LogP contribution >= 0.6 is 23.4 Å². The van der Waals surface area contributed by atoms with Crippen LogP contribution in [-0.4, -0.2) is 52.3 Å². The highest BCUT2D eigenvalue weighted by Gasteiger charge is 2.30. The van der Waals surface area contributed by atoms with E-state index in [-0.39, 0.29) is 11.9 Å². The molecule has 0 radical (unpaired) electrons. The van der Waals surface area contributed by atoms with Crippen molar-refractivity contribution >= 4 is 40.2 Å². The van der Waals surface area contributed by atoms with Crippen LogP contribution < -0.4 is 18.9 Å². The number of nitrogens with zero attached hydrogens (tertiary/aromatic N) is 1. The smallest absolute Gasteiger partial charge is 0.340 e. The molecule has 0 aliphatic rings. The second kappa shape index (κ2) is 12.5. The van der Waals surface area contributed by atoms with Crippen molar-refractivity contribution in [3.05, 3.63) is 76.4 Å². The van der Waals surface area contributed by atoms with E-state index in [1.165, 1.54) is 0 Å². The molecule has 0 saturated heterocycles. The highest BCUT2D eigenvalue weighted by molar-refractivity contribution is 7.99. The topological polar surface area (TPSA) is 76.1 Å². The maximum Gasteiger partial charge on any atom is 0.340 e. The van der Waals surface area contributed by atoms with E-state index in [9.17, 15) is 4.79 Å². The standard InChI is InChI=1S/C30H30ClNO6S/c1-7-38-30(33)27-26(18-10-13-22(34-2)23(14-18)35-3)20-15-24(36-4)25(37-5)16-21(20)32-28(27)29(39-6)17-8-11-19(31)12-9-17/h8-16,29H,7H2,1-6H3. The summed E-state index contributed by atoms with van der Waals surface area (Å²) in [4.78, 5) is 18.8. The van der Waals surface area contributed by atoms with E-state index in [1.807, 2.05) is 54.8 Å². The van der Waals surface area contributed by atoms with E-state index < -0.39 is 5.97 Å². The molecule has 39 heavy (non-hydrogen) atoms. The second-order valence-corrected chi connectivity index (χ2v) is 9.81. The lowest BCUT2D eigenvalue weighted by molar-refractivity contribution is 0.0525. The number of pyridine rings is 1. The monoisotopic (exact) mass is 567 g/mol. The van der Waals surface area contributed by atoms with Gasteiger partial charge in [0.1, 0.15) is 0 Å². The molecular weight excluding hydrogens is 538 g/mol. The number of benzene rings is 3. The van der Waals surface area contributed by atoms with E-state index >= 15 is 0 Å². The van der Waals surface area contributed by atoms with Gasteiger partial charge in [0.2, 0.25) is 0 Å². The second-order valence-electron chi connectivity index (χ2n) is 8.43. The molecule has 0 bridgehead atoms. The van der Waals surface area contributed by atoms with E-state index in [2.05, 4.69) is 0 Å². The zero-order valence-corrected chi connectivity index (χ0v) is 24.2. The summed E-state index contributed by atoms with van der Waals surface area (Å²) in [5, 5.41) is 1.03. The minimum atomic E-state index is -0.477. The molecule has 7 nitrogen and oxygen atoms in total. The van der Waals surface area contributed by atoms with Crippen LogP contribution in [0.2, 0.25) is 5.02 Å². The van der Waals surface area contributed by atoms with Crippen LogP contribution in [0.4, 0.5) is 0 Å². The molecule has 4 rings (SSSR count). The minimum Gasteiger partial charge on any atom is -0.493 e. The average molecular weight is 568 g/mol. The molecule has 1 heterocycles. The van der Waals surface area contributed by atoms with Crippen molar-refractivity contribution in [1.29, 1.82) is 0 Å². The Balaban J connectivity index is 2.17. The van der Waals surface area contributed by atoms with Crippen LogP contribution in [-0.2, 0) is 4.74 Å². The summed E-state index contributed by atoms with van der Waals surface area (Å²) in [6, 6.07) is 16.7. The molecule has 3 aromatic carbocycles. The predicted octanol–water partition coefficient (Wildman–Crippen LogP) is 7.22. The van der Waals surface area contributed by atoms with Gasteiger partial charge in [0.05, 0.1) is 57.1 Å². The lowest BCUT2D eigenvalue weighted by Gasteiger charge is -2.23. The largest absolute Gasteiger partial charge is 0.493 e. The number of ether oxygens (including phenoxy) is 5. The number of carbonyl (C=O) groups is 1. The van der Waals surface area contributed by atoms with Crippen molar-refractivity contribution in [2.75, 3.05) is 41.3 Å². The molecule has 4 aromatic rings. The van der Waals surface area contributed by atoms with Crippen LogP contribution in [0, 0.1) is 0 Å². The molecule has 204 valence electrons. The van der Waals surface area contributed by atoms with Crippen molar-refractivity contribution in [2.45, 2.75) is 12.2 Å². The van der Waals surface area contributed by atoms with E-state index in [0.717, 1.165) is 11.1 Å². The molecule has 0 amide bonds. The number of esters is 1. The number of aromatic nitrogens is 1. The molecule has 0 saturated carbocycles. The molecule has 0 fully saturated rings. The quantitative estimate of drug-likeness (QED) is 0.186. The van der Waals surface area contributed by atoms with Gasteiger partial charge >= 0.3 is 5.97 Å². The van der Waals surface area contributed by atoms with Crippen LogP contribution in [0.5, 0.6) is 23.0 Å². The number of hydrogen-bond donors (Lipinski definition) is 0. The molecule has 0 spiro atoms. The van der Waals surface area contributed by atoms with Gasteiger partial charge in [-0.2, -0.15) is 11.8 Å². The van der Waals surface area contributed by atoms with Crippen molar-refractivity contribution in [3.63, 3.8) is 0 Å². The van der Waals surface area contributed by atoms with Crippen molar-refractivity contribution in [3.8, 4) is 34.1 Å². The number of fused-ring (bicyclic) bond motifs is 1. The summed E-state index contributed by atoms with van der Waals surface area (Å²) in [5.74, 6) is 1.65. The molecule has 9 heteroatoms. The van der Waals surface area contributed by atoms with Gasteiger partial charge in [0, 0.05) is 22.0 Å². The van der Waals surface area contributed by atoms with Crippen LogP contribution in [0.25, 0.3) is 22.0 Å². The third-order valence-electron chi connectivity index (χ3n) is 6.33. The van der Waals surface area contributed by atoms with Gasteiger partial charge in [0.25, 0.3) is 0 Å². The normalized spacial score (nSPS) is 11.7. The van der Waals surface area contributed by atoms with E-state index in [1.54, 1.807) is 53.2 Å².